The Morgan fingerprint density at radius 1 is 1.25 bits per heavy atom. The van der Waals surface area contributed by atoms with Gasteiger partial charge in [-0.1, -0.05) is 12.1 Å². The first-order chi connectivity index (χ1) is 11.4. The number of fused-ring (bicyclic) bond motifs is 1. The van der Waals surface area contributed by atoms with Gasteiger partial charge >= 0.3 is 0 Å². The molecule has 0 spiro atoms. The summed E-state index contributed by atoms with van der Waals surface area (Å²) in [6.07, 6.45) is 1.68. The van der Waals surface area contributed by atoms with Crippen LogP contribution < -0.4 is 4.72 Å². The molecule has 0 saturated carbocycles. The van der Waals surface area contributed by atoms with Crippen molar-refractivity contribution in [2.24, 2.45) is 7.05 Å². The van der Waals surface area contributed by atoms with Gasteiger partial charge in [0.05, 0.1) is 27.2 Å². The van der Waals surface area contributed by atoms with Crippen LogP contribution in [0.5, 0.6) is 0 Å². The number of aromatic nitrogens is 2. The summed E-state index contributed by atoms with van der Waals surface area (Å²) in [6.45, 7) is 0.0670. The lowest BCUT2D eigenvalue weighted by Crippen LogP contribution is -2.23. The number of sulfonamides is 1. The minimum absolute atomic E-state index is 0.0670. The number of hydrogen-bond acceptors (Lipinski definition) is 5. The number of nitro groups is 1. The van der Waals surface area contributed by atoms with Crippen LogP contribution in [-0.2, 0) is 23.6 Å². The van der Waals surface area contributed by atoms with Crippen molar-refractivity contribution in [3.8, 4) is 0 Å². The number of hydrogen-bond donors (Lipinski definition) is 1. The molecule has 124 valence electrons. The van der Waals surface area contributed by atoms with Gasteiger partial charge in [-0.3, -0.25) is 10.1 Å². The van der Waals surface area contributed by atoms with Gasteiger partial charge < -0.3 is 4.57 Å². The summed E-state index contributed by atoms with van der Waals surface area (Å²) in [4.78, 5) is 14.2. The van der Waals surface area contributed by atoms with Crippen LogP contribution in [0.3, 0.4) is 0 Å². The first kappa shape index (κ1) is 16.1. The number of rotatable bonds is 5. The Hall–Kier alpha value is -2.78. The largest absolute Gasteiger partial charge is 0.334 e. The van der Waals surface area contributed by atoms with Crippen molar-refractivity contribution in [1.82, 2.24) is 14.3 Å². The highest BCUT2D eigenvalue weighted by molar-refractivity contribution is 7.89. The van der Waals surface area contributed by atoms with Crippen molar-refractivity contribution < 1.29 is 13.3 Å². The molecule has 0 fully saturated rings. The monoisotopic (exact) mass is 346 g/mol. The molecule has 3 aromatic rings. The van der Waals surface area contributed by atoms with Crippen molar-refractivity contribution in [3.63, 3.8) is 0 Å². The van der Waals surface area contributed by atoms with E-state index >= 15 is 0 Å². The first-order valence-electron chi connectivity index (χ1n) is 7.01. The normalized spacial score (nSPS) is 11.7. The lowest BCUT2D eigenvalue weighted by Gasteiger charge is -2.07. The third kappa shape index (κ3) is 3.12. The van der Waals surface area contributed by atoms with Gasteiger partial charge in [-0.25, -0.2) is 18.1 Å². The summed E-state index contributed by atoms with van der Waals surface area (Å²) in [6, 6.07) is 10.4. The maximum Gasteiger partial charge on any atom is 0.270 e. The van der Waals surface area contributed by atoms with Crippen molar-refractivity contribution in [2.75, 3.05) is 0 Å². The predicted molar refractivity (Wildman–Crippen MR) is 87.8 cm³/mol. The van der Waals surface area contributed by atoms with Crippen LogP contribution in [0.2, 0.25) is 0 Å². The highest BCUT2D eigenvalue weighted by Crippen LogP contribution is 2.18. The van der Waals surface area contributed by atoms with Crippen LogP contribution in [0.4, 0.5) is 5.69 Å². The fourth-order valence-electron chi connectivity index (χ4n) is 2.32. The molecule has 1 N–H and O–H groups in total. The molecule has 1 heterocycles. The van der Waals surface area contributed by atoms with E-state index in [2.05, 4.69) is 9.71 Å². The summed E-state index contributed by atoms with van der Waals surface area (Å²) in [5, 5.41) is 10.8. The zero-order chi connectivity index (χ0) is 17.3. The Morgan fingerprint density at radius 2 is 2.04 bits per heavy atom. The smallest absolute Gasteiger partial charge is 0.270 e. The molecule has 24 heavy (non-hydrogen) atoms. The molecule has 0 aliphatic carbocycles. The fraction of sp³-hybridized carbons (Fsp3) is 0.133. The molecule has 0 aliphatic rings. The van der Waals surface area contributed by atoms with Gasteiger partial charge in [-0.15, -0.1) is 0 Å². The molecular weight excluding hydrogens is 332 g/mol. The van der Waals surface area contributed by atoms with Crippen molar-refractivity contribution in [1.29, 1.82) is 0 Å². The molecule has 0 unspecified atom stereocenters. The molecule has 0 saturated heterocycles. The first-order valence-corrected chi connectivity index (χ1v) is 8.49. The quantitative estimate of drug-likeness (QED) is 0.561. The van der Waals surface area contributed by atoms with E-state index in [1.807, 2.05) is 17.7 Å². The van der Waals surface area contributed by atoms with E-state index in [1.54, 1.807) is 18.5 Å². The summed E-state index contributed by atoms with van der Waals surface area (Å²) in [7, 11) is -1.97. The number of imidazole rings is 1. The Bertz CT molecular complexity index is 1030. The molecule has 0 aliphatic heterocycles. The van der Waals surface area contributed by atoms with E-state index in [4.69, 9.17) is 0 Å². The molecule has 9 heteroatoms. The van der Waals surface area contributed by atoms with E-state index < -0.39 is 14.9 Å². The highest BCUT2D eigenvalue weighted by Gasteiger charge is 2.17. The number of nitrogens with zero attached hydrogens (tertiary/aromatic N) is 3. The predicted octanol–water partition coefficient (Wildman–Crippen LogP) is 1.96. The SMILES string of the molecule is Cn1cnc2cc(CNS(=O)(=O)c3cccc([N+](=O)[O-])c3)ccc21. The molecular formula is C15H14N4O4S. The van der Waals surface area contributed by atoms with Crippen LogP contribution in [-0.4, -0.2) is 22.9 Å². The van der Waals surface area contributed by atoms with Crippen molar-refractivity contribution in [2.45, 2.75) is 11.4 Å². The van der Waals surface area contributed by atoms with E-state index in [1.165, 1.54) is 18.2 Å². The minimum atomic E-state index is -3.84. The van der Waals surface area contributed by atoms with Crippen LogP contribution in [0.1, 0.15) is 5.56 Å². The number of nitro benzene ring substituents is 1. The number of benzene rings is 2. The van der Waals surface area contributed by atoms with Gasteiger partial charge in [0.2, 0.25) is 10.0 Å². The van der Waals surface area contributed by atoms with Crippen LogP contribution in [0, 0.1) is 10.1 Å². The molecule has 0 bridgehead atoms. The van der Waals surface area contributed by atoms with Crippen LogP contribution >= 0.6 is 0 Å². The lowest BCUT2D eigenvalue weighted by atomic mass is 10.2. The summed E-state index contributed by atoms with van der Waals surface area (Å²) < 4.78 is 28.9. The molecule has 3 rings (SSSR count). The molecule has 0 radical (unpaired) electrons. The van der Waals surface area contributed by atoms with Crippen molar-refractivity contribution >= 4 is 26.7 Å². The fourth-order valence-corrected chi connectivity index (χ4v) is 3.37. The second-order valence-electron chi connectivity index (χ2n) is 5.26. The third-order valence-electron chi connectivity index (χ3n) is 3.59. The highest BCUT2D eigenvalue weighted by atomic mass is 32.2. The van der Waals surface area contributed by atoms with Crippen LogP contribution in [0.15, 0.2) is 53.7 Å². The Balaban J connectivity index is 1.81. The lowest BCUT2D eigenvalue weighted by molar-refractivity contribution is -0.385. The minimum Gasteiger partial charge on any atom is -0.334 e. The zero-order valence-electron chi connectivity index (χ0n) is 12.7. The summed E-state index contributed by atoms with van der Waals surface area (Å²) in [5.41, 5.74) is 2.19. The maximum absolute atomic E-state index is 12.3. The Morgan fingerprint density at radius 3 is 2.79 bits per heavy atom. The van der Waals surface area contributed by atoms with Gasteiger partial charge in [0.25, 0.3) is 5.69 Å². The zero-order valence-corrected chi connectivity index (χ0v) is 13.5. The molecule has 0 atom stereocenters. The second-order valence-corrected chi connectivity index (χ2v) is 7.02. The standard InChI is InChI=1S/C15H14N4O4S/c1-18-10-16-14-7-11(5-6-15(14)18)9-17-24(22,23)13-4-2-3-12(8-13)19(20)21/h2-8,10,17H,9H2,1H3. The number of aryl methyl sites for hydroxylation is 1. The molecule has 0 amide bonds. The Kier molecular flexibility index (Phi) is 4.04. The van der Waals surface area contributed by atoms with Gasteiger partial charge in [0, 0.05) is 25.7 Å². The van der Waals surface area contributed by atoms with Gasteiger partial charge in [0.1, 0.15) is 0 Å². The Labute approximate surface area is 138 Å². The topological polar surface area (TPSA) is 107 Å². The summed E-state index contributed by atoms with van der Waals surface area (Å²) in [5.74, 6) is 0. The van der Waals surface area contributed by atoms with Gasteiger partial charge in [0.15, 0.2) is 0 Å². The number of nitrogens with one attached hydrogen (secondary N) is 1. The van der Waals surface area contributed by atoms with Crippen molar-refractivity contribution in [3.05, 3.63) is 64.5 Å². The summed E-state index contributed by atoms with van der Waals surface area (Å²) >= 11 is 0. The second kappa shape index (κ2) is 6.02. The van der Waals surface area contributed by atoms with E-state index in [0.29, 0.717) is 0 Å². The molecule has 2 aromatic carbocycles. The maximum atomic E-state index is 12.3. The average molecular weight is 346 g/mol. The molecule has 1 aromatic heterocycles. The van der Waals surface area contributed by atoms with E-state index in [9.17, 15) is 18.5 Å². The number of non-ortho nitro benzene ring substituents is 1. The van der Waals surface area contributed by atoms with E-state index in [-0.39, 0.29) is 17.1 Å². The van der Waals surface area contributed by atoms with Gasteiger partial charge in [-0.2, -0.15) is 0 Å². The third-order valence-corrected chi connectivity index (χ3v) is 4.99. The van der Waals surface area contributed by atoms with E-state index in [0.717, 1.165) is 22.7 Å². The molecule has 8 nitrogen and oxygen atoms in total. The van der Waals surface area contributed by atoms with Gasteiger partial charge in [-0.05, 0) is 23.8 Å². The average Bonchev–Trinajstić information content (AvgIpc) is 2.94. The van der Waals surface area contributed by atoms with Crippen LogP contribution in [0.25, 0.3) is 11.0 Å².